The topological polar surface area (TPSA) is 150 Å². The van der Waals surface area contributed by atoms with Gasteiger partial charge in [-0.25, -0.2) is 15.0 Å². The van der Waals surface area contributed by atoms with Crippen molar-refractivity contribution in [2.24, 2.45) is 9.98 Å². The maximum atomic E-state index is 8.70. The zero-order valence-electron chi connectivity index (χ0n) is 26.0. The van der Waals surface area contributed by atoms with Crippen LogP contribution in [0.3, 0.4) is 0 Å². The van der Waals surface area contributed by atoms with E-state index in [2.05, 4.69) is 31.2 Å². The molecule has 0 spiro atoms. The summed E-state index contributed by atoms with van der Waals surface area (Å²) in [7, 11) is 1.71. The van der Waals surface area contributed by atoms with Gasteiger partial charge in [-0.3, -0.25) is 25.8 Å². The fraction of sp³-hybridized carbons (Fsp3) is 0.111. The summed E-state index contributed by atoms with van der Waals surface area (Å²) in [6.07, 6.45) is 10.4. The molecule has 0 fully saturated rings. The van der Waals surface area contributed by atoms with Crippen LogP contribution in [0.4, 0.5) is 0 Å². The molecule has 0 bridgehead atoms. The van der Waals surface area contributed by atoms with Crippen molar-refractivity contribution in [1.29, 1.82) is 10.8 Å². The summed E-state index contributed by atoms with van der Waals surface area (Å²) in [6, 6.07) is 22.7. The third-order valence-electron chi connectivity index (χ3n) is 7.59. The van der Waals surface area contributed by atoms with Gasteiger partial charge in [0.2, 0.25) is 0 Å². The second-order valence-corrected chi connectivity index (χ2v) is 12.7. The Bertz CT molecular complexity index is 2320. The molecule has 1 aliphatic rings. The summed E-state index contributed by atoms with van der Waals surface area (Å²) in [4.78, 5) is 27.9. The van der Waals surface area contributed by atoms with Gasteiger partial charge in [0, 0.05) is 24.0 Å². The monoisotopic (exact) mass is 664 g/mol. The predicted molar refractivity (Wildman–Crippen MR) is 196 cm³/mol. The highest BCUT2D eigenvalue weighted by molar-refractivity contribution is 8.27. The van der Waals surface area contributed by atoms with Crippen molar-refractivity contribution in [1.82, 2.24) is 30.1 Å². The predicted octanol–water partition coefficient (Wildman–Crippen LogP) is 7.66. The fourth-order valence-corrected chi connectivity index (χ4v) is 6.78. The summed E-state index contributed by atoms with van der Waals surface area (Å²) >= 11 is 2.52. The van der Waals surface area contributed by atoms with Crippen molar-refractivity contribution in [2.75, 3.05) is 7.05 Å². The summed E-state index contributed by atoms with van der Waals surface area (Å²) in [5.41, 5.74) is 6.33. The first-order chi connectivity index (χ1) is 23.5. The van der Waals surface area contributed by atoms with E-state index in [1.807, 2.05) is 91.9 Å². The minimum Gasteiger partial charge on any atom is -0.292 e. The molecular formula is C36H28N10S2. The van der Waals surface area contributed by atoms with Gasteiger partial charge in [-0.15, -0.1) is 10.2 Å². The van der Waals surface area contributed by atoms with E-state index >= 15 is 0 Å². The highest BCUT2D eigenvalue weighted by Crippen LogP contribution is 2.33. The number of benzene rings is 1. The molecule has 1 aliphatic heterocycles. The Morgan fingerprint density at radius 1 is 0.833 bits per heavy atom. The maximum absolute atomic E-state index is 8.70. The molecule has 7 rings (SSSR count). The lowest BCUT2D eigenvalue weighted by molar-refractivity contribution is 0.716. The van der Waals surface area contributed by atoms with Crippen LogP contribution >= 0.6 is 23.1 Å². The second-order valence-electron chi connectivity index (χ2n) is 10.7. The smallest absolute Gasteiger partial charge is 0.166 e. The lowest BCUT2D eigenvalue weighted by atomic mass is 10.1. The van der Waals surface area contributed by atoms with Crippen molar-refractivity contribution in [2.45, 2.75) is 19.4 Å². The molecule has 0 aliphatic carbocycles. The van der Waals surface area contributed by atoms with Gasteiger partial charge >= 0.3 is 0 Å². The molecule has 0 radical (unpaired) electrons. The normalized spacial score (nSPS) is 14.9. The largest absolute Gasteiger partial charge is 0.292 e. The van der Waals surface area contributed by atoms with Crippen LogP contribution in [0.2, 0.25) is 0 Å². The van der Waals surface area contributed by atoms with Gasteiger partial charge < -0.3 is 0 Å². The van der Waals surface area contributed by atoms with Crippen LogP contribution in [0, 0.1) is 10.8 Å². The maximum Gasteiger partial charge on any atom is 0.166 e. The molecule has 10 nitrogen and oxygen atoms in total. The van der Waals surface area contributed by atoms with Gasteiger partial charge in [-0.05, 0) is 97.9 Å². The van der Waals surface area contributed by atoms with Crippen molar-refractivity contribution in [3.05, 3.63) is 131 Å². The molecule has 234 valence electrons. The van der Waals surface area contributed by atoms with Crippen LogP contribution in [0.15, 0.2) is 113 Å². The number of nitrogens with zero attached hydrogens (tertiary/aromatic N) is 8. The SMILES string of the molecule is C/C=C\C(=N/C)c1cccc(C(=N)SC(=N)c2ccc3c(ccc4nc(-c5nnc(C6CC=CC(c7ccccn7)=N6)s5)ccc43)n2)n1. The van der Waals surface area contributed by atoms with Gasteiger partial charge in [0.25, 0.3) is 0 Å². The highest BCUT2D eigenvalue weighted by Gasteiger charge is 2.20. The number of fused-ring (bicyclic) bond motifs is 3. The van der Waals surface area contributed by atoms with Gasteiger partial charge in [0.15, 0.2) is 5.01 Å². The molecule has 0 amide bonds. The van der Waals surface area contributed by atoms with E-state index in [1.165, 1.54) is 11.3 Å². The number of hydrogen-bond donors (Lipinski definition) is 2. The molecule has 48 heavy (non-hydrogen) atoms. The number of allylic oxidation sites excluding steroid dienone is 3. The summed E-state index contributed by atoms with van der Waals surface area (Å²) in [5, 5.41) is 30.0. The van der Waals surface area contributed by atoms with Crippen molar-refractivity contribution < 1.29 is 0 Å². The lowest BCUT2D eigenvalue weighted by Crippen LogP contribution is -2.08. The Morgan fingerprint density at radius 3 is 2.38 bits per heavy atom. The molecule has 0 saturated heterocycles. The van der Waals surface area contributed by atoms with Crippen LogP contribution in [0.1, 0.15) is 47.2 Å². The van der Waals surface area contributed by atoms with E-state index in [4.69, 9.17) is 25.8 Å². The molecule has 6 heterocycles. The van der Waals surface area contributed by atoms with E-state index in [9.17, 15) is 0 Å². The molecular weight excluding hydrogens is 637 g/mol. The number of aliphatic imine (C=N–C) groups is 2. The van der Waals surface area contributed by atoms with Gasteiger partial charge in [0.1, 0.15) is 26.8 Å². The van der Waals surface area contributed by atoms with E-state index in [0.29, 0.717) is 17.1 Å². The minimum atomic E-state index is -0.114. The van der Waals surface area contributed by atoms with E-state index in [1.54, 1.807) is 19.3 Å². The number of nitrogens with one attached hydrogen (secondary N) is 2. The van der Waals surface area contributed by atoms with Crippen molar-refractivity contribution in [3.63, 3.8) is 0 Å². The Labute approximate surface area is 284 Å². The van der Waals surface area contributed by atoms with Crippen LogP contribution in [-0.4, -0.2) is 58.7 Å². The average molecular weight is 665 g/mol. The van der Waals surface area contributed by atoms with Crippen LogP contribution < -0.4 is 0 Å². The lowest BCUT2D eigenvalue weighted by Gasteiger charge is -2.13. The molecule has 5 aromatic heterocycles. The number of aromatic nitrogens is 6. The first-order valence-corrected chi connectivity index (χ1v) is 16.8. The first-order valence-electron chi connectivity index (χ1n) is 15.1. The second kappa shape index (κ2) is 13.6. The van der Waals surface area contributed by atoms with E-state index in [-0.39, 0.29) is 16.1 Å². The molecule has 1 aromatic carbocycles. The van der Waals surface area contributed by atoms with E-state index < -0.39 is 0 Å². The number of thioether (sulfide) groups is 1. The third-order valence-corrected chi connectivity index (χ3v) is 9.46. The quantitative estimate of drug-likeness (QED) is 0.101. The fourth-order valence-electron chi connectivity index (χ4n) is 5.27. The molecule has 2 N–H and O–H groups in total. The zero-order chi connectivity index (χ0) is 33.0. The van der Waals surface area contributed by atoms with Gasteiger partial charge in [0.05, 0.1) is 45.2 Å². The summed E-state index contributed by atoms with van der Waals surface area (Å²) in [5.74, 6) is 0. The first kappa shape index (κ1) is 31.0. The van der Waals surface area contributed by atoms with Crippen molar-refractivity contribution in [3.8, 4) is 10.7 Å². The molecule has 12 heteroatoms. The zero-order valence-corrected chi connectivity index (χ0v) is 27.6. The third kappa shape index (κ3) is 6.35. The molecule has 0 saturated carbocycles. The van der Waals surface area contributed by atoms with Gasteiger partial charge in [-0.1, -0.05) is 35.6 Å². The number of rotatable bonds is 7. The number of pyridine rings is 4. The highest BCUT2D eigenvalue weighted by atomic mass is 32.2. The van der Waals surface area contributed by atoms with E-state index in [0.717, 1.165) is 72.8 Å². The standard InChI is InChI=1S/C36H28N10S2/c1-3-8-25(39-2)27-10-6-12-29(43-27)33(37)47-34(38)30-16-14-21-22-15-17-32(42-24(22)19-18-23(21)41-30)36-46-45-35(48-36)31-13-7-11-28(44-31)26-9-4-5-20-40-26/h3-12,14-20,31,37-38H,13H2,1-2H3/b8-3-,37-33?,38-34?,39-25+. The summed E-state index contributed by atoms with van der Waals surface area (Å²) < 4.78 is 0. The van der Waals surface area contributed by atoms with Crippen molar-refractivity contribution >= 4 is 66.4 Å². The molecule has 1 unspecified atom stereocenters. The van der Waals surface area contributed by atoms with Crippen LogP contribution in [-0.2, 0) is 0 Å². The molecule has 1 atom stereocenters. The minimum absolute atomic E-state index is 0.114. The Kier molecular flexibility index (Phi) is 8.82. The molecule has 6 aromatic rings. The van der Waals surface area contributed by atoms with Gasteiger partial charge in [-0.2, -0.15) is 0 Å². The van der Waals surface area contributed by atoms with Crippen LogP contribution in [0.25, 0.3) is 32.5 Å². The van der Waals surface area contributed by atoms with Crippen LogP contribution in [0.5, 0.6) is 0 Å². The Morgan fingerprint density at radius 2 is 1.60 bits per heavy atom. The number of dihydropyridines is 1. The Hall–Kier alpha value is -5.59. The number of hydrogen-bond acceptors (Lipinski definition) is 12. The summed E-state index contributed by atoms with van der Waals surface area (Å²) in [6.45, 7) is 1.92. The average Bonchev–Trinajstić information content (AvgIpc) is 3.64. The Balaban J connectivity index is 1.09.